The van der Waals surface area contributed by atoms with Crippen molar-refractivity contribution in [1.29, 1.82) is 0 Å². The summed E-state index contributed by atoms with van der Waals surface area (Å²) in [6.07, 6.45) is 8.47. The van der Waals surface area contributed by atoms with E-state index in [1.54, 1.807) is 7.11 Å². The zero-order valence-electron chi connectivity index (χ0n) is 11.3. The highest BCUT2D eigenvalue weighted by molar-refractivity contribution is 4.78. The fourth-order valence-corrected chi connectivity index (χ4v) is 2.88. The number of nitrogens with one attached hydrogen (secondary N) is 1. The maximum absolute atomic E-state index is 5.18. The van der Waals surface area contributed by atoms with Crippen molar-refractivity contribution in [3.8, 4) is 0 Å². The summed E-state index contributed by atoms with van der Waals surface area (Å²) in [4.78, 5) is 0. The number of methoxy groups -OCH3 is 1. The van der Waals surface area contributed by atoms with Crippen LogP contribution < -0.4 is 5.32 Å². The Balaban J connectivity index is 2.24. The topological polar surface area (TPSA) is 21.3 Å². The van der Waals surface area contributed by atoms with Crippen LogP contribution in [0.25, 0.3) is 0 Å². The van der Waals surface area contributed by atoms with Gasteiger partial charge in [0.15, 0.2) is 0 Å². The molecule has 0 aromatic carbocycles. The molecule has 1 aliphatic carbocycles. The number of hydrogen-bond donors (Lipinski definition) is 1. The summed E-state index contributed by atoms with van der Waals surface area (Å²) in [5.74, 6) is 1.55. The Kier molecular flexibility index (Phi) is 7.06. The van der Waals surface area contributed by atoms with Gasteiger partial charge in [0.25, 0.3) is 0 Å². The first-order chi connectivity index (χ1) is 7.77. The zero-order chi connectivity index (χ0) is 11.8. The molecule has 2 unspecified atom stereocenters. The SMILES string of the molecule is CCC(NCC(C)COC)C1CCCCC1. The Morgan fingerprint density at radius 2 is 1.94 bits per heavy atom. The summed E-state index contributed by atoms with van der Waals surface area (Å²) in [5, 5.41) is 3.74. The average molecular weight is 227 g/mol. The largest absolute Gasteiger partial charge is 0.384 e. The molecule has 1 saturated carbocycles. The maximum Gasteiger partial charge on any atom is 0.0499 e. The zero-order valence-corrected chi connectivity index (χ0v) is 11.3. The lowest BCUT2D eigenvalue weighted by molar-refractivity contribution is 0.152. The molecule has 96 valence electrons. The van der Waals surface area contributed by atoms with Crippen LogP contribution in [0.5, 0.6) is 0 Å². The van der Waals surface area contributed by atoms with E-state index in [9.17, 15) is 0 Å². The fourth-order valence-electron chi connectivity index (χ4n) is 2.88. The van der Waals surface area contributed by atoms with Crippen LogP contribution in [0.1, 0.15) is 52.4 Å². The van der Waals surface area contributed by atoms with Crippen LogP contribution in [0.2, 0.25) is 0 Å². The summed E-state index contributed by atoms with van der Waals surface area (Å²) in [7, 11) is 1.79. The summed E-state index contributed by atoms with van der Waals surface area (Å²) in [5.41, 5.74) is 0. The quantitative estimate of drug-likeness (QED) is 0.721. The monoisotopic (exact) mass is 227 g/mol. The van der Waals surface area contributed by atoms with E-state index < -0.39 is 0 Å². The maximum atomic E-state index is 5.18. The smallest absolute Gasteiger partial charge is 0.0499 e. The van der Waals surface area contributed by atoms with Crippen molar-refractivity contribution in [3.63, 3.8) is 0 Å². The van der Waals surface area contributed by atoms with Crippen LogP contribution in [0.4, 0.5) is 0 Å². The van der Waals surface area contributed by atoms with Crippen LogP contribution in [-0.2, 0) is 4.74 Å². The third-order valence-corrected chi connectivity index (χ3v) is 3.84. The number of rotatable bonds is 7. The predicted octanol–water partition coefficient (Wildman–Crippen LogP) is 3.22. The van der Waals surface area contributed by atoms with E-state index in [0.29, 0.717) is 5.92 Å². The normalized spacial score (nSPS) is 21.9. The minimum absolute atomic E-state index is 0.627. The highest BCUT2D eigenvalue weighted by Gasteiger charge is 2.21. The average Bonchev–Trinajstić information content (AvgIpc) is 2.31. The van der Waals surface area contributed by atoms with Gasteiger partial charge in [0, 0.05) is 26.3 Å². The van der Waals surface area contributed by atoms with Gasteiger partial charge in [-0.2, -0.15) is 0 Å². The van der Waals surface area contributed by atoms with Crippen molar-refractivity contribution in [2.45, 2.75) is 58.4 Å². The third kappa shape index (κ3) is 4.84. The molecule has 1 rings (SSSR count). The molecule has 0 saturated heterocycles. The summed E-state index contributed by atoms with van der Waals surface area (Å²) in [6, 6.07) is 0.736. The van der Waals surface area contributed by atoms with Crippen LogP contribution in [0.3, 0.4) is 0 Å². The molecule has 0 heterocycles. The molecule has 16 heavy (non-hydrogen) atoms. The van der Waals surface area contributed by atoms with Crippen molar-refractivity contribution in [3.05, 3.63) is 0 Å². The van der Waals surface area contributed by atoms with Crippen molar-refractivity contribution in [2.75, 3.05) is 20.3 Å². The van der Waals surface area contributed by atoms with Gasteiger partial charge in [0.1, 0.15) is 0 Å². The van der Waals surface area contributed by atoms with Gasteiger partial charge in [0.2, 0.25) is 0 Å². The lowest BCUT2D eigenvalue weighted by Gasteiger charge is -2.31. The summed E-state index contributed by atoms with van der Waals surface area (Å²) < 4.78 is 5.18. The van der Waals surface area contributed by atoms with Gasteiger partial charge in [-0.15, -0.1) is 0 Å². The van der Waals surface area contributed by atoms with Gasteiger partial charge in [-0.1, -0.05) is 33.1 Å². The van der Waals surface area contributed by atoms with E-state index >= 15 is 0 Å². The fraction of sp³-hybridized carbons (Fsp3) is 1.00. The van der Waals surface area contributed by atoms with Crippen molar-refractivity contribution in [1.82, 2.24) is 5.32 Å². The Hall–Kier alpha value is -0.0800. The highest BCUT2D eigenvalue weighted by atomic mass is 16.5. The Labute approximate surface area is 101 Å². The second-order valence-corrected chi connectivity index (χ2v) is 5.38. The molecule has 1 aliphatic rings. The molecule has 0 radical (unpaired) electrons. The lowest BCUT2D eigenvalue weighted by atomic mass is 9.83. The molecule has 0 aliphatic heterocycles. The van der Waals surface area contributed by atoms with E-state index in [1.807, 2.05) is 0 Å². The molecule has 0 aromatic rings. The minimum atomic E-state index is 0.627. The van der Waals surface area contributed by atoms with E-state index in [2.05, 4.69) is 19.2 Å². The van der Waals surface area contributed by atoms with Crippen LogP contribution in [0, 0.1) is 11.8 Å². The molecule has 0 aromatic heterocycles. The molecule has 1 N–H and O–H groups in total. The third-order valence-electron chi connectivity index (χ3n) is 3.84. The molecular formula is C14H29NO. The van der Waals surface area contributed by atoms with Crippen LogP contribution in [-0.4, -0.2) is 26.3 Å². The first kappa shape index (κ1) is 14.0. The van der Waals surface area contributed by atoms with E-state index in [-0.39, 0.29) is 0 Å². The van der Waals surface area contributed by atoms with Gasteiger partial charge in [-0.3, -0.25) is 0 Å². The Morgan fingerprint density at radius 3 is 2.50 bits per heavy atom. The van der Waals surface area contributed by atoms with Crippen LogP contribution >= 0.6 is 0 Å². The highest BCUT2D eigenvalue weighted by Crippen LogP contribution is 2.27. The Bertz CT molecular complexity index is 166. The summed E-state index contributed by atoms with van der Waals surface area (Å²) in [6.45, 7) is 6.54. The van der Waals surface area contributed by atoms with E-state index in [0.717, 1.165) is 25.1 Å². The second kappa shape index (κ2) is 8.08. The second-order valence-electron chi connectivity index (χ2n) is 5.38. The van der Waals surface area contributed by atoms with Crippen molar-refractivity contribution >= 4 is 0 Å². The van der Waals surface area contributed by atoms with Crippen molar-refractivity contribution < 1.29 is 4.74 Å². The van der Waals surface area contributed by atoms with Gasteiger partial charge >= 0.3 is 0 Å². The molecular weight excluding hydrogens is 198 g/mol. The molecule has 2 heteroatoms. The van der Waals surface area contributed by atoms with Gasteiger partial charge < -0.3 is 10.1 Å². The van der Waals surface area contributed by atoms with Gasteiger partial charge in [-0.25, -0.2) is 0 Å². The standard InChI is InChI=1S/C14H29NO/c1-4-14(13-8-6-5-7-9-13)15-10-12(2)11-16-3/h12-15H,4-11H2,1-3H3. The molecule has 2 atom stereocenters. The lowest BCUT2D eigenvalue weighted by Crippen LogP contribution is -2.39. The predicted molar refractivity (Wildman–Crippen MR) is 69.7 cm³/mol. The molecule has 1 fully saturated rings. The van der Waals surface area contributed by atoms with Crippen molar-refractivity contribution in [2.24, 2.45) is 11.8 Å². The Morgan fingerprint density at radius 1 is 1.25 bits per heavy atom. The first-order valence-corrected chi connectivity index (χ1v) is 7.00. The van der Waals surface area contributed by atoms with Gasteiger partial charge in [-0.05, 0) is 31.1 Å². The number of hydrogen-bond acceptors (Lipinski definition) is 2. The molecule has 0 bridgehead atoms. The molecule has 0 amide bonds. The molecule has 2 nitrogen and oxygen atoms in total. The minimum Gasteiger partial charge on any atom is -0.384 e. The van der Waals surface area contributed by atoms with E-state index in [1.165, 1.54) is 38.5 Å². The molecule has 0 spiro atoms. The van der Waals surface area contributed by atoms with Crippen LogP contribution in [0.15, 0.2) is 0 Å². The number of ether oxygens (including phenoxy) is 1. The summed E-state index contributed by atoms with van der Waals surface area (Å²) >= 11 is 0. The first-order valence-electron chi connectivity index (χ1n) is 7.00. The van der Waals surface area contributed by atoms with E-state index in [4.69, 9.17) is 4.74 Å². The van der Waals surface area contributed by atoms with Gasteiger partial charge in [0.05, 0.1) is 0 Å².